The van der Waals surface area contributed by atoms with Crippen molar-refractivity contribution in [3.05, 3.63) is 0 Å². The van der Waals surface area contributed by atoms with E-state index >= 15 is 0 Å². The van der Waals surface area contributed by atoms with Crippen molar-refractivity contribution >= 4 is 17.8 Å². The lowest BCUT2D eigenvalue weighted by Gasteiger charge is -2.26. The van der Waals surface area contributed by atoms with Gasteiger partial charge in [0.05, 0.1) is 12.1 Å². The fourth-order valence-electron chi connectivity index (χ4n) is 1.72. The van der Waals surface area contributed by atoms with Crippen LogP contribution in [0.2, 0.25) is 0 Å². The maximum Gasteiger partial charge on any atom is 0.328 e. The van der Waals surface area contributed by atoms with Gasteiger partial charge < -0.3 is 26.6 Å². The minimum atomic E-state index is -1.44. The third kappa shape index (κ3) is 5.98. The van der Waals surface area contributed by atoms with Gasteiger partial charge in [-0.05, 0) is 18.8 Å². The molecule has 0 aliphatic carbocycles. The van der Waals surface area contributed by atoms with Crippen molar-refractivity contribution in [2.75, 3.05) is 0 Å². The summed E-state index contributed by atoms with van der Waals surface area (Å²) >= 11 is 0. The van der Waals surface area contributed by atoms with Crippen LogP contribution in [0.25, 0.3) is 0 Å². The Bertz CT molecular complexity index is 409. The zero-order valence-corrected chi connectivity index (χ0v) is 13.7. The molecule has 0 aromatic carbocycles. The number of nitrogens with one attached hydrogen (secondary N) is 2. The molecule has 2 amide bonds. The molecular weight excluding hydrogens is 290 g/mol. The Kier molecular flexibility index (Phi) is 8.04. The molecule has 6 N–H and O–H groups in total. The Labute approximate surface area is 130 Å². The highest BCUT2D eigenvalue weighted by atomic mass is 16.4. The summed E-state index contributed by atoms with van der Waals surface area (Å²) in [6.45, 7) is 8.25. The first kappa shape index (κ1) is 20.3. The number of rotatable bonds is 8. The molecule has 0 spiro atoms. The molecule has 0 saturated carbocycles. The zero-order chi connectivity index (χ0) is 17.6. The van der Waals surface area contributed by atoms with Crippen LogP contribution in [0.3, 0.4) is 0 Å². The van der Waals surface area contributed by atoms with Gasteiger partial charge in [-0.3, -0.25) is 9.59 Å². The molecule has 8 nitrogen and oxygen atoms in total. The van der Waals surface area contributed by atoms with Crippen LogP contribution in [0.5, 0.6) is 0 Å². The number of hydrogen-bond acceptors (Lipinski definition) is 5. The summed E-state index contributed by atoms with van der Waals surface area (Å²) in [5.41, 5.74) is 5.73. The largest absolute Gasteiger partial charge is 0.480 e. The number of nitrogens with two attached hydrogens (primary N) is 1. The fourth-order valence-corrected chi connectivity index (χ4v) is 1.72. The van der Waals surface area contributed by atoms with E-state index in [2.05, 4.69) is 10.6 Å². The Hall–Kier alpha value is -1.67. The van der Waals surface area contributed by atoms with Gasteiger partial charge in [0.2, 0.25) is 11.8 Å². The molecule has 0 heterocycles. The summed E-state index contributed by atoms with van der Waals surface area (Å²) in [5, 5.41) is 23.1. The first-order valence-corrected chi connectivity index (χ1v) is 7.26. The molecule has 8 heteroatoms. The number of amides is 2. The third-order valence-electron chi connectivity index (χ3n) is 3.31. The number of carbonyl (C=O) groups is 3. The van der Waals surface area contributed by atoms with Crippen LogP contribution in [0.4, 0.5) is 0 Å². The minimum Gasteiger partial charge on any atom is -0.480 e. The highest BCUT2D eigenvalue weighted by Crippen LogP contribution is 2.06. The lowest BCUT2D eigenvalue weighted by atomic mass is 10.00. The van der Waals surface area contributed by atoms with Crippen LogP contribution < -0.4 is 16.4 Å². The normalized spacial score (nSPS) is 16.8. The Morgan fingerprint density at radius 2 is 1.32 bits per heavy atom. The fraction of sp³-hybridized carbons (Fsp3) is 0.786. The van der Waals surface area contributed by atoms with Crippen molar-refractivity contribution in [1.82, 2.24) is 10.6 Å². The summed E-state index contributed by atoms with van der Waals surface area (Å²) in [6, 6.07) is -3.14. The number of aliphatic hydroxyl groups excluding tert-OH is 1. The number of aliphatic hydroxyl groups is 1. The van der Waals surface area contributed by atoms with Gasteiger partial charge in [-0.2, -0.15) is 0 Å². The molecule has 0 saturated heterocycles. The Morgan fingerprint density at radius 1 is 0.864 bits per heavy atom. The van der Waals surface area contributed by atoms with E-state index in [4.69, 9.17) is 10.8 Å². The summed E-state index contributed by atoms with van der Waals surface area (Å²) in [6.07, 6.45) is -1.26. The van der Waals surface area contributed by atoms with E-state index < -0.39 is 42.0 Å². The van der Waals surface area contributed by atoms with E-state index in [1.54, 1.807) is 27.7 Å². The van der Waals surface area contributed by atoms with E-state index in [1.165, 1.54) is 6.92 Å². The monoisotopic (exact) mass is 317 g/mol. The van der Waals surface area contributed by atoms with Gasteiger partial charge >= 0.3 is 5.97 Å². The molecule has 0 bridgehead atoms. The first-order chi connectivity index (χ1) is 9.98. The summed E-state index contributed by atoms with van der Waals surface area (Å²) in [5.74, 6) is -2.87. The number of carbonyl (C=O) groups excluding carboxylic acids is 2. The van der Waals surface area contributed by atoms with Gasteiger partial charge in [0.15, 0.2) is 6.04 Å². The number of aliphatic carboxylic acids is 1. The van der Waals surface area contributed by atoms with E-state index in [1.807, 2.05) is 0 Å². The van der Waals surface area contributed by atoms with Crippen LogP contribution in [0, 0.1) is 11.8 Å². The van der Waals surface area contributed by atoms with Gasteiger partial charge in [-0.1, -0.05) is 27.7 Å². The zero-order valence-electron chi connectivity index (χ0n) is 13.7. The SMILES string of the molecule is CC(C)C(N)C(=O)NC(C(=O)NC(C(=O)O)C(C)O)C(C)C. The van der Waals surface area contributed by atoms with Gasteiger partial charge in [0.1, 0.15) is 6.04 Å². The predicted molar refractivity (Wildman–Crippen MR) is 80.8 cm³/mol. The lowest BCUT2D eigenvalue weighted by Crippen LogP contribution is -2.58. The van der Waals surface area contributed by atoms with Crippen LogP contribution in [0.15, 0.2) is 0 Å². The van der Waals surface area contributed by atoms with Crippen molar-refractivity contribution in [1.29, 1.82) is 0 Å². The predicted octanol–water partition coefficient (Wildman–Crippen LogP) is -0.939. The molecule has 4 unspecified atom stereocenters. The molecular formula is C14H27N3O5. The second kappa shape index (κ2) is 8.70. The first-order valence-electron chi connectivity index (χ1n) is 7.26. The van der Waals surface area contributed by atoms with E-state index in [-0.39, 0.29) is 11.8 Å². The van der Waals surface area contributed by atoms with E-state index in [0.29, 0.717) is 0 Å². The topological polar surface area (TPSA) is 142 Å². The molecule has 0 aromatic rings. The van der Waals surface area contributed by atoms with Crippen molar-refractivity contribution in [2.24, 2.45) is 17.6 Å². The van der Waals surface area contributed by atoms with Crippen LogP contribution in [0.1, 0.15) is 34.6 Å². The molecule has 0 radical (unpaired) electrons. The quantitative estimate of drug-likeness (QED) is 0.391. The number of carboxylic acids is 1. The summed E-state index contributed by atoms with van der Waals surface area (Å²) in [4.78, 5) is 35.2. The standard InChI is InChI=1S/C14H27N3O5/c1-6(2)9(15)12(19)16-10(7(3)4)13(20)17-11(8(5)18)14(21)22/h6-11,18H,15H2,1-5H3,(H,16,19)(H,17,20)(H,21,22). The maximum atomic E-state index is 12.2. The van der Waals surface area contributed by atoms with Crippen LogP contribution >= 0.6 is 0 Å². The molecule has 128 valence electrons. The summed E-state index contributed by atoms with van der Waals surface area (Å²) < 4.78 is 0. The third-order valence-corrected chi connectivity index (χ3v) is 3.31. The smallest absolute Gasteiger partial charge is 0.328 e. The highest BCUT2D eigenvalue weighted by Gasteiger charge is 2.32. The minimum absolute atomic E-state index is 0.0971. The van der Waals surface area contributed by atoms with Gasteiger partial charge in [0, 0.05) is 0 Å². The van der Waals surface area contributed by atoms with Crippen LogP contribution in [-0.2, 0) is 14.4 Å². The lowest BCUT2D eigenvalue weighted by molar-refractivity contribution is -0.145. The Morgan fingerprint density at radius 3 is 1.64 bits per heavy atom. The second-order valence-corrected chi connectivity index (χ2v) is 6.07. The molecule has 22 heavy (non-hydrogen) atoms. The van der Waals surface area contributed by atoms with Crippen molar-refractivity contribution < 1.29 is 24.6 Å². The average Bonchev–Trinajstić information content (AvgIpc) is 2.39. The van der Waals surface area contributed by atoms with Crippen LogP contribution in [-0.4, -0.2) is 52.2 Å². The van der Waals surface area contributed by atoms with Crippen molar-refractivity contribution in [3.63, 3.8) is 0 Å². The molecule has 0 fully saturated rings. The molecule has 0 aliphatic heterocycles. The Balaban J connectivity index is 4.99. The van der Waals surface area contributed by atoms with Crippen molar-refractivity contribution in [2.45, 2.75) is 58.8 Å². The summed E-state index contributed by atoms with van der Waals surface area (Å²) in [7, 11) is 0. The van der Waals surface area contributed by atoms with Gasteiger partial charge in [0.25, 0.3) is 0 Å². The number of carboxylic acid groups (broad SMARTS) is 1. The maximum absolute atomic E-state index is 12.2. The molecule has 0 aromatic heterocycles. The van der Waals surface area contributed by atoms with Crippen molar-refractivity contribution in [3.8, 4) is 0 Å². The van der Waals surface area contributed by atoms with E-state index in [9.17, 15) is 19.5 Å². The van der Waals surface area contributed by atoms with Gasteiger partial charge in [-0.15, -0.1) is 0 Å². The second-order valence-electron chi connectivity index (χ2n) is 6.07. The molecule has 0 aliphatic rings. The average molecular weight is 317 g/mol. The molecule has 0 rings (SSSR count). The molecule has 4 atom stereocenters. The van der Waals surface area contributed by atoms with E-state index in [0.717, 1.165) is 0 Å². The number of hydrogen-bond donors (Lipinski definition) is 5. The van der Waals surface area contributed by atoms with Gasteiger partial charge in [-0.25, -0.2) is 4.79 Å². The highest BCUT2D eigenvalue weighted by molar-refractivity contribution is 5.92.